The number of ether oxygens (including phenoxy) is 2. The SMILES string of the molecule is CCOC(=O)C(C)(C)CCNc1ccc(OCCNC(=O)CCN2C(=O)CC(P)C2=O)cc1.[HH].[HH]. The molecule has 2 atom stereocenters. The zero-order valence-corrected chi connectivity index (χ0v) is 20.7. The van der Waals surface area contributed by atoms with Crippen LogP contribution in [0.25, 0.3) is 0 Å². The number of anilines is 1. The number of esters is 1. The van der Waals surface area contributed by atoms with Crippen LogP contribution >= 0.6 is 9.24 Å². The summed E-state index contributed by atoms with van der Waals surface area (Å²) in [6.07, 6.45) is 0.892. The molecule has 186 valence electrons. The van der Waals surface area contributed by atoms with Crippen molar-refractivity contribution in [3.63, 3.8) is 0 Å². The number of carbonyl (C=O) groups is 4. The largest absolute Gasteiger partial charge is 0.492 e. The molecule has 1 aliphatic heterocycles. The average molecular weight is 484 g/mol. The molecule has 0 aliphatic carbocycles. The second-order valence-electron chi connectivity index (χ2n) is 8.45. The Bertz CT molecular complexity index is 854. The van der Waals surface area contributed by atoms with Crippen molar-refractivity contribution >= 4 is 38.6 Å². The number of imide groups is 1. The summed E-state index contributed by atoms with van der Waals surface area (Å²) in [5.41, 5.74) is -0.0194. The molecule has 0 saturated carbocycles. The number of likely N-dealkylation sites (tertiary alicyclic amines) is 1. The molecule has 2 rings (SSSR count). The van der Waals surface area contributed by atoms with Crippen molar-refractivity contribution in [3.05, 3.63) is 24.3 Å². The summed E-state index contributed by atoms with van der Waals surface area (Å²) in [6.45, 7) is 7.25. The molecule has 1 aromatic rings. The van der Waals surface area contributed by atoms with Crippen LogP contribution in [-0.4, -0.2) is 67.1 Å². The molecule has 0 bridgehead atoms. The first-order chi connectivity index (χ1) is 15.6. The van der Waals surface area contributed by atoms with Gasteiger partial charge < -0.3 is 20.1 Å². The van der Waals surface area contributed by atoms with Crippen LogP contribution in [0.4, 0.5) is 5.69 Å². The van der Waals surface area contributed by atoms with Gasteiger partial charge in [0.25, 0.3) is 0 Å². The first-order valence-corrected chi connectivity index (χ1v) is 11.8. The van der Waals surface area contributed by atoms with E-state index in [0.29, 0.717) is 38.5 Å². The predicted octanol–water partition coefficient (Wildman–Crippen LogP) is 2.46. The minimum absolute atomic E-state index is 0. The summed E-state index contributed by atoms with van der Waals surface area (Å²) in [4.78, 5) is 48.6. The van der Waals surface area contributed by atoms with Crippen molar-refractivity contribution in [1.29, 1.82) is 0 Å². The monoisotopic (exact) mass is 483 g/mol. The van der Waals surface area contributed by atoms with Crippen LogP contribution in [0.2, 0.25) is 0 Å². The minimum atomic E-state index is -0.548. The molecule has 0 spiro atoms. The van der Waals surface area contributed by atoms with E-state index in [0.717, 1.165) is 10.6 Å². The van der Waals surface area contributed by atoms with Crippen LogP contribution in [-0.2, 0) is 23.9 Å². The molecule has 1 aliphatic rings. The van der Waals surface area contributed by atoms with Crippen molar-refractivity contribution < 1.29 is 31.5 Å². The lowest BCUT2D eigenvalue weighted by Crippen LogP contribution is -2.36. The maximum atomic E-state index is 11.9. The number of nitrogens with zero attached hydrogens (tertiary/aromatic N) is 1. The highest BCUT2D eigenvalue weighted by atomic mass is 31.0. The first-order valence-electron chi connectivity index (χ1n) is 11.1. The number of nitrogens with one attached hydrogen (secondary N) is 2. The van der Waals surface area contributed by atoms with E-state index in [9.17, 15) is 19.2 Å². The summed E-state index contributed by atoms with van der Waals surface area (Å²) in [5, 5.41) is 6.00. The van der Waals surface area contributed by atoms with Gasteiger partial charge in [0, 0.05) is 34.5 Å². The van der Waals surface area contributed by atoms with Gasteiger partial charge in [-0.1, -0.05) is 0 Å². The van der Waals surface area contributed by atoms with Crippen LogP contribution in [0.5, 0.6) is 5.75 Å². The Hall–Kier alpha value is -2.67. The Balaban J connectivity index is 0.00000578. The molecule has 9 nitrogen and oxygen atoms in total. The number of hydrogen-bond donors (Lipinski definition) is 2. The summed E-state index contributed by atoms with van der Waals surface area (Å²) in [7, 11) is 2.35. The number of amides is 3. The maximum Gasteiger partial charge on any atom is 0.311 e. The minimum Gasteiger partial charge on any atom is -0.492 e. The molecule has 1 fully saturated rings. The zero-order chi connectivity index (χ0) is 24.4. The molecule has 1 heterocycles. The smallest absolute Gasteiger partial charge is 0.311 e. The number of rotatable bonds is 13. The predicted molar refractivity (Wildman–Crippen MR) is 132 cm³/mol. The van der Waals surface area contributed by atoms with E-state index in [2.05, 4.69) is 19.9 Å². The summed E-state index contributed by atoms with van der Waals surface area (Å²) < 4.78 is 10.7. The maximum absolute atomic E-state index is 11.9. The lowest BCUT2D eigenvalue weighted by Gasteiger charge is -2.22. The lowest BCUT2D eigenvalue weighted by molar-refractivity contribution is -0.153. The molecular formula is C23H38N3O6P. The van der Waals surface area contributed by atoms with Crippen LogP contribution in [0, 0.1) is 5.41 Å². The van der Waals surface area contributed by atoms with Crippen LogP contribution in [0.1, 0.15) is 42.9 Å². The Morgan fingerprint density at radius 2 is 1.91 bits per heavy atom. The second-order valence-corrected chi connectivity index (χ2v) is 9.25. The van der Waals surface area contributed by atoms with Gasteiger partial charge in [0.2, 0.25) is 17.7 Å². The average Bonchev–Trinajstić information content (AvgIpc) is 3.01. The first kappa shape index (κ1) is 26.6. The third-order valence-electron chi connectivity index (χ3n) is 5.30. The fourth-order valence-corrected chi connectivity index (χ4v) is 3.60. The third-order valence-corrected chi connectivity index (χ3v) is 5.82. The fourth-order valence-electron chi connectivity index (χ4n) is 3.22. The Morgan fingerprint density at radius 3 is 2.52 bits per heavy atom. The molecule has 10 heteroatoms. The van der Waals surface area contributed by atoms with Crippen LogP contribution in [0.3, 0.4) is 0 Å². The van der Waals surface area contributed by atoms with E-state index in [4.69, 9.17) is 9.47 Å². The molecule has 1 saturated heterocycles. The van der Waals surface area contributed by atoms with Gasteiger partial charge in [-0.15, -0.1) is 9.24 Å². The Kier molecular flexibility index (Phi) is 10.1. The number of hydrogen-bond acceptors (Lipinski definition) is 7. The summed E-state index contributed by atoms with van der Waals surface area (Å²) >= 11 is 0. The van der Waals surface area contributed by atoms with Gasteiger partial charge in [-0.2, -0.15) is 0 Å². The number of benzene rings is 1. The molecule has 2 N–H and O–H groups in total. The Labute approximate surface area is 200 Å². The molecular weight excluding hydrogens is 445 g/mol. The van der Waals surface area contributed by atoms with Crippen LogP contribution < -0.4 is 15.4 Å². The van der Waals surface area contributed by atoms with Crippen molar-refractivity contribution in [1.82, 2.24) is 10.2 Å². The lowest BCUT2D eigenvalue weighted by atomic mass is 9.89. The highest BCUT2D eigenvalue weighted by Gasteiger charge is 2.35. The zero-order valence-electron chi connectivity index (χ0n) is 19.5. The molecule has 0 radical (unpaired) electrons. The van der Waals surface area contributed by atoms with E-state index in [-0.39, 0.29) is 51.6 Å². The topological polar surface area (TPSA) is 114 Å². The van der Waals surface area contributed by atoms with Crippen molar-refractivity contribution in [2.75, 3.05) is 38.2 Å². The van der Waals surface area contributed by atoms with Crippen molar-refractivity contribution in [2.45, 2.75) is 45.7 Å². The van der Waals surface area contributed by atoms with Gasteiger partial charge in [0.05, 0.1) is 24.2 Å². The van der Waals surface area contributed by atoms with Gasteiger partial charge in [-0.05, 0) is 51.5 Å². The molecule has 2 unspecified atom stereocenters. The van der Waals surface area contributed by atoms with E-state index in [1.54, 1.807) is 6.92 Å². The molecule has 33 heavy (non-hydrogen) atoms. The van der Waals surface area contributed by atoms with Gasteiger partial charge in [0.15, 0.2) is 0 Å². The second kappa shape index (κ2) is 12.5. The summed E-state index contributed by atoms with van der Waals surface area (Å²) in [5.74, 6) is -0.258. The highest BCUT2D eigenvalue weighted by molar-refractivity contribution is 7.19. The number of carbonyl (C=O) groups excluding carboxylic acids is 4. The van der Waals surface area contributed by atoms with Gasteiger partial charge in [0.1, 0.15) is 12.4 Å². The van der Waals surface area contributed by atoms with Crippen molar-refractivity contribution in [3.8, 4) is 5.75 Å². The third kappa shape index (κ3) is 8.31. The van der Waals surface area contributed by atoms with Gasteiger partial charge in [-0.3, -0.25) is 24.1 Å². The van der Waals surface area contributed by atoms with Gasteiger partial charge in [-0.25, -0.2) is 0 Å². The standard InChI is InChI=1S/C23H34N3O6P.2H2/c1-4-31-22(30)23(2,3)10-11-24-16-5-7-17(8-6-16)32-14-12-25-19(27)9-13-26-20(28)15-18(33)21(26)29;;/h5-8,18,24H,4,9-15,33H2,1-3H3,(H,25,27);2*1H. The highest BCUT2D eigenvalue weighted by Crippen LogP contribution is 2.23. The molecule has 3 amide bonds. The van der Waals surface area contributed by atoms with E-state index in [1.807, 2.05) is 38.1 Å². The molecule has 1 aromatic carbocycles. The van der Waals surface area contributed by atoms with Crippen LogP contribution in [0.15, 0.2) is 24.3 Å². The van der Waals surface area contributed by atoms with E-state index in [1.165, 1.54) is 0 Å². The van der Waals surface area contributed by atoms with E-state index >= 15 is 0 Å². The summed E-state index contributed by atoms with van der Waals surface area (Å²) in [6, 6.07) is 7.41. The normalized spacial score (nSPS) is 16.0. The van der Waals surface area contributed by atoms with Crippen molar-refractivity contribution in [2.24, 2.45) is 5.41 Å². The molecule has 0 aromatic heterocycles. The Morgan fingerprint density at radius 1 is 1.21 bits per heavy atom. The van der Waals surface area contributed by atoms with E-state index < -0.39 is 5.41 Å². The fraction of sp³-hybridized carbons (Fsp3) is 0.565. The quantitative estimate of drug-likeness (QED) is 0.192. The van der Waals surface area contributed by atoms with Gasteiger partial charge >= 0.3 is 5.97 Å².